The molecule has 0 aliphatic carbocycles. The van der Waals surface area contributed by atoms with Gasteiger partial charge in [-0.25, -0.2) is 0 Å². The zero-order chi connectivity index (χ0) is 13.4. The quantitative estimate of drug-likeness (QED) is 0.726. The third-order valence-corrected chi connectivity index (χ3v) is 2.81. The fourth-order valence-corrected chi connectivity index (χ4v) is 1.54. The molecule has 0 aliphatic heterocycles. The summed E-state index contributed by atoms with van der Waals surface area (Å²) < 4.78 is 4.91. The van der Waals surface area contributed by atoms with E-state index in [1.807, 2.05) is 18.2 Å². The molecular weight excluding hydrogens is 228 g/mol. The van der Waals surface area contributed by atoms with Crippen molar-refractivity contribution in [3.05, 3.63) is 29.3 Å². The number of hydrogen-bond donors (Lipinski definition) is 2. The van der Waals surface area contributed by atoms with Gasteiger partial charge in [-0.2, -0.15) is 0 Å². The standard InChI is InChI=1S/C14H22N2O2/c1-11-5-6-13(9-12(11)2)16-10-14(17)15-7-4-8-18-3/h5-6,9,16H,4,7-8,10H2,1-3H3,(H,15,17). The molecule has 0 atom stereocenters. The Bertz CT molecular complexity index is 391. The summed E-state index contributed by atoms with van der Waals surface area (Å²) >= 11 is 0. The van der Waals surface area contributed by atoms with E-state index >= 15 is 0 Å². The van der Waals surface area contributed by atoms with Crippen LogP contribution in [0.5, 0.6) is 0 Å². The minimum Gasteiger partial charge on any atom is -0.385 e. The highest BCUT2D eigenvalue weighted by Crippen LogP contribution is 2.13. The van der Waals surface area contributed by atoms with E-state index in [9.17, 15) is 4.79 Å². The molecule has 100 valence electrons. The number of methoxy groups -OCH3 is 1. The molecule has 18 heavy (non-hydrogen) atoms. The maximum atomic E-state index is 11.5. The number of rotatable bonds is 7. The highest BCUT2D eigenvalue weighted by molar-refractivity contribution is 5.80. The molecule has 0 aromatic heterocycles. The van der Waals surface area contributed by atoms with Gasteiger partial charge in [-0.15, -0.1) is 0 Å². The van der Waals surface area contributed by atoms with Crippen molar-refractivity contribution < 1.29 is 9.53 Å². The van der Waals surface area contributed by atoms with Crippen LogP contribution < -0.4 is 10.6 Å². The number of amides is 1. The van der Waals surface area contributed by atoms with Crippen molar-refractivity contribution in [2.24, 2.45) is 0 Å². The fourth-order valence-electron chi connectivity index (χ4n) is 1.54. The van der Waals surface area contributed by atoms with Crippen molar-refractivity contribution in [2.75, 3.05) is 32.1 Å². The largest absolute Gasteiger partial charge is 0.385 e. The molecule has 0 radical (unpaired) electrons. The maximum Gasteiger partial charge on any atom is 0.239 e. The van der Waals surface area contributed by atoms with Crippen LogP contribution in [0, 0.1) is 13.8 Å². The topological polar surface area (TPSA) is 50.4 Å². The zero-order valence-corrected chi connectivity index (χ0v) is 11.4. The van der Waals surface area contributed by atoms with Crippen LogP contribution in [0.25, 0.3) is 0 Å². The monoisotopic (exact) mass is 250 g/mol. The lowest BCUT2D eigenvalue weighted by molar-refractivity contribution is -0.119. The first kappa shape index (κ1) is 14.5. The van der Waals surface area contributed by atoms with Crippen LogP contribution in [0.2, 0.25) is 0 Å². The van der Waals surface area contributed by atoms with Gasteiger partial charge in [0.15, 0.2) is 0 Å². The van der Waals surface area contributed by atoms with Crippen molar-refractivity contribution >= 4 is 11.6 Å². The summed E-state index contributed by atoms with van der Waals surface area (Å²) in [5.74, 6) is 0.00401. The van der Waals surface area contributed by atoms with Gasteiger partial charge in [-0.05, 0) is 43.5 Å². The number of hydrogen-bond acceptors (Lipinski definition) is 3. The Morgan fingerprint density at radius 2 is 2.06 bits per heavy atom. The highest BCUT2D eigenvalue weighted by Gasteiger charge is 2.01. The molecule has 4 nitrogen and oxygen atoms in total. The Hall–Kier alpha value is -1.55. The van der Waals surface area contributed by atoms with Crippen molar-refractivity contribution in [3.8, 4) is 0 Å². The third-order valence-electron chi connectivity index (χ3n) is 2.81. The van der Waals surface area contributed by atoms with Crippen molar-refractivity contribution in [1.29, 1.82) is 0 Å². The van der Waals surface area contributed by atoms with Gasteiger partial charge in [-0.3, -0.25) is 4.79 Å². The number of anilines is 1. The zero-order valence-electron chi connectivity index (χ0n) is 11.4. The first-order chi connectivity index (χ1) is 8.63. The molecule has 0 aliphatic rings. The summed E-state index contributed by atoms with van der Waals surface area (Å²) in [5.41, 5.74) is 3.45. The van der Waals surface area contributed by atoms with E-state index < -0.39 is 0 Å². The summed E-state index contributed by atoms with van der Waals surface area (Å²) in [6, 6.07) is 6.09. The summed E-state index contributed by atoms with van der Waals surface area (Å²) in [6.07, 6.45) is 0.839. The van der Waals surface area contributed by atoms with Crippen LogP contribution >= 0.6 is 0 Å². The first-order valence-corrected chi connectivity index (χ1v) is 6.20. The average molecular weight is 250 g/mol. The third kappa shape index (κ3) is 5.19. The van der Waals surface area contributed by atoms with Gasteiger partial charge in [0.05, 0.1) is 6.54 Å². The SMILES string of the molecule is COCCCNC(=O)CNc1ccc(C)c(C)c1. The van der Waals surface area contributed by atoms with Crippen LogP contribution in [0.15, 0.2) is 18.2 Å². The summed E-state index contributed by atoms with van der Waals surface area (Å²) in [4.78, 5) is 11.5. The van der Waals surface area contributed by atoms with Gasteiger partial charge in [0.25, 0.3) is 0 Å². The maximum absolute atomic E-state index is 11.5. The molecule has 0 bridgehead atoms. The Morgan fingerprint density at radius 1 is 1.28 bits per heavy atom. The molecule has 0 heterocycles. The van der Waals surface area contributed by atoms with Gasteiger partial charge in [0.1, 0.15) is 0 Å². The van der Waals surface area contributed by atoms with Crippen molar-refractivity contribution in [2.45, 2.75) is 20.3 Å². The molecular formula is C14H22N2O2. The smallest absolute Gasteiger partial charge is 0.239 e. The number of benzene rings is 1. The number of ether oxygens (including phenoxy) is 1. The second-order valence-electron chi connectivity index (χ2n) is 4.35. The van der Waals surface area contributed by atoms with E-state index in [0.717, 1.165) is 12.1 Å². The van der Waals surface area contributed by atoms with Gasteiger partial charge < -0.3 is 15.4 Å². The lowest BCUT2D eigenvalue weighted by Crippen LogP contribution is -2.31. The van der Waals surface area contributed by atoms with Gasteiger partial charge in [0.2, 0.25) is 5.91 Å². The van der Waals surface area contributed by atoms with Crippen LogP contribution in [-0.2, 0) is 9.53 Å². The van der Waals surface area contributed by atoms with Crippen LogP contribution in [-0.4, -0.2) is 32.7 Å². The van der Waals surface area contributed by atoms with Crippen molar-refractivity contribution in [3.63, 3.8) is 0 Å². The molecule has 4 heteroatoms. The summed E-state index contributed by atoms with van der Waals surface area (Å²) in [7, 11) is 1.66. The van der Waals surface area contributed by atoms with Crippen LogP contribution in [0.1, 0.15) is 17.5 Å². The number of carbonyl (C=O) groups is 1. The number of aryl methyl sites for hydroxylation is 2. The molecule has 2 N–H and O–H groups in total. The van der Waals surface area contributed by atoms with E-state index in [1.54, 1.807) is 7.11 Å². The predicted molar refractivity (Wildman–Crippen MR) is 73.9 cm³/mol. The molecule has 0 fully saturated rings. The molecule has 1 aromatic carbocycles. The highest BCUT2D eigenvalue weighted by atomic mass is 16.5. The van der Waals surface area contributed by atoms with E-state index in [-0.39, 0.29) is 5.91 Å². The van der Waals surface area contributed by atoms with Crippen LogP contribution in [0.4, 0.5) is 5.69 Å². The minimum atomic E-state index is 0.00401. The molecule has 0 unspecified atom stereocenters. The molecule has 0 spiro atoms. The average Bonchev–Trinajstić information content (AvgIpc) is 2.36. The minimum absolute atomic E-state index is 0.00401. The Kier molecular flexibility index (Phi) is 6.22. The van der Waals surface area contributed by atoms with Gasteiger partial charge in [0, 0.05) is 25.9 Å². The molecule has 1 amide bonds. The summed E-state index contributed by atoms with van der Waals surface area (Å²) in [5, 5.41) is 5.94. The second-order valence-corrected chi connectivity index (χ2v) is 4.35. The molecule has 0 saturated heterocycles. The van der Waals surface area contributed by atoms with E-state index in [4.69, 9.17) is 4.74 Å². The number of carbonyl (C=O) groups excluding carboxylic acids is 1. The molecule has 1 rings (SSSR count). The van der Waals surface area contributed by atoms with Gasteiger partial charge in [-0.1, -0.05) is 6.07 Å². The lowest BCUT2D eigenvalue weighted by Gasteiger charge is -2.09. The van der Waals surface area contributed by atoms with Crippen molar-refractivity contribution in [1.82, 2.24) is 5.32 Å². The fraction of sp³-hybridized carbons (Fsp3) is 0.500. The predicted octanol–water partition coefficient (Wildman–Crippen LogP) is 1.87. The second kappa shape index (κ2) is 7.71. The lowest BCUT2D eigenvalue weighted by atomic mass is 10.1. The first-order valence-electron chi connectivity index (χ1n) is 6.20. The van der Waals surface area contributed by atoms with E-state index in [0.29, 0.717) is 19.7 Å². The Balaban J connectivity index is 2.27. The van der Waals surface area contributed by atoms with E-state index in [2.05, 4.69) is 24.5 Å². The van der Waals surface area contributed by atoms with Gasteiger partial charge >= 0.3 is 0 Å². The van der Waals surface area contributed by atoms with E-state index in [1.165, 1.54) is 11.1 Å². The summed E-state index contributed by atoms with van der Waals surface area (Å²) in [6.45, 7) is 5.76. The molecule has 0 saturated carbocycles. The normalized spacial score (nSPS) is 10.2. The Morgan fingerprint density at radius 3 is 2.72 bits per heavy atom. The van der Waals surface area contributed by atoms with Crippen LogP contribution in [0.3, 0.4) is 0 Å². The molecule has 1 aromatic rings. The number of nitrogens with one attached hydrogen (secondary N) is 2. The Labute approximate surface area is 109 Å².